The average molecular weight is 726 g/mol. The normalized spacial score (nSPS) is 13.8. The molecule has 0 bridgehead atoms. The summed E-state index contributed by atoms with van der Waals surface area (Å²) in [5.41, 5.74) is 7.68. The molecule has 0 heterocycles. The van der Waals surface area contributed by atoms with Crippen LogP contribution in [0, 0.1) is 11.8 Å². The molecule has 0 radical (unpaired) electrons. The molecule has 2 aromatic carbocycles. The summed E-state index contributed by atoms with van der Waals surface area (Å²) in [5.74, 6) is -5.00. The first-order chi connectivity index (χ1) is 24.8. The Hall–Kier alpha value is -4.82. The lowest BCUT2D eigenvalue weighted by Gasteiger charge is -2.30. The number of unbranched alkanes of at least 4 members (excludes halogenated alkanes) is 3. The molecule has 0 aromatic heterocycles. The number of aliphatic hydroxyl groups is 1. The van der Waals surface area contributed by atoms with E-state index >= 15 is 0 Å². The Kier molecular flexibility index (Phi) is 19.1. The minimum Gasteiger partial charge on any atom is -0.467 e. The number of nitrogens with one attached hydrogen (secondary N) is 3. The molecule has 52 heavy (non-hydrogen) atoms. The molecule has 2 aromatic rings. The molecular weight excluding hydrogens is 670 g/mol. The zero-order valence-electron chi connectivity index (χ0n) is 30.8. The van der Waals surface area contributed by atoms with Crippen molar-refractivity contribution in [2.45, 2.75) is 97.0 Å². The van der Waals surface area contributed by atoms with Gasteiger partial charge in [-0.15, -0.1) is 0 Å². The van der Waals surface area contributed by atoms with Crippen LogP contribution in [-0.4, -0.2) is 90.1 Å². The maximum atomic E-state index is 13.6. The van der Waals surface area contributed by atoms with Gasteiger partial charge in [-0.05, 0) is 50.2 Å². The number of hydrogen-bond donors (Lipinski definition) is 5. The summed E-state index contributed by atoms with van der Waals surface area (Å²) >= 11 is 0. The molecule has 0 fully saturated rings. The van der Waals surface area contributed by atoms with E-state index in [1.165, 1.54) is 26.5 Å². The standard InChI is InChI=1S/C38H55N5O9/c1-25(2)32(37(49)51-5)42-35(47)33(41-31(45)21-15-7-6-10-16-28-17-11-8-12-18-28)30(23-44)22-40-34(46)27(4)43(36(48)26(3)39)38(50)52-24-29-19-13-9-14-20-29/h8-9,11-14,17-20,25-27,30,32-33,44H,6-7,10,15-16,21-24,39H2,1-5H3,(H,40,46)(H,41,45)(H,42,47)/t26-,27-,30?,32?,33?/m0/s1. The Bertz CT molecular complexity index is 1440. The number of rotatable bonds is 21. The summed E-state index contributed by atoms with van der Waals surface area (Å²) in [6, 6.07) is 13.9. The van der Waals surface area contributed by atoms with Crippen molar-refractivity contribution in [2.24, 2.45) is 17.6 Å². The van der Waals surface area contributed by atoms with Crippen LogP contribution >= 0.6 is 0 Å². The molecule has 14 heteroatoms. The van der Waals surface area contributed by atoms with E-state index in [2.05, 4.69) is 28.1 Å². The van der Waals surface area contributed by atoms with E-state index in [0.29, 0.717) is 16.9 Å². The number of esters is 1. The Morgan fingerprint density at radius 3 is 1.94 bits per heavy atom. The van der Waals surface area contributed by atoms with Crippen LogP contribution in [0.5, 0.6) is 0 Å². The molecule has 5 atom stereocenters. The summed E-state index contributed by atoms with van der Waals surface area (Å²) in [6.07, 6.45) is 3.18. The Balaban J connectivity index is 2.13. The van der Waals surface area contributed by atoms with Crippen LogP contribution in [0.3, 0.4) is 0 Å². The van der Waals surface area contributed by atoms with Gasteiger partial charge in [0.2, 0.25) is 23.6 Å². The molecule has 14 nitrogen and oxygen atoms in total. The van der Waals surface area contributed by atoms with Crippen LogP contribution in [0.15, 0.2) is 60.7 Å². The molecule has 0 saturated carbocycles. The van der Waals surface area contributed by atoms with Gasteiger partial charge in [0.1, 0.15) is 24.7 Å². The maximum Gasteiger partial charge on any atom is 0.417 e. The Morgan fingerprint density at radius 2 is 1.38 bits per heavy atom. The van der Waals surface area contributed by atoms with Gasteiger partial charge >= 0.3 is 12.1 Å². The van der Waals surface area contributed by atoms with Crippen LogP contribution in [0.1, 0.15) is 70.9 Å². The highest BCUT2D eigenvalue weighted by Gasteiger charge is 2.37. The van der Waals surface area contributed by atoms with E-state index in [1.807, 2.05) is 18.2 Å². The summed E-state index contributed by atoms with van der Waals surface area (Å²) in [4.78, 5) is 79.1. The zero-order valence-corrected chi connectivity index (χ0v) is 30.8. The highest BCUT2D eigenvalue weighted by Crippen LogP contribution is 2.13. The van der Waals surface area contributed by atoms with Crippen LogP contribution in [0.2, 0.25) is 0 Å². The molecule has 0 saturated heterocycles. The number of nitrogens with two attached hydrogens (primary N) is 1. The van der Waals surface area contributed by atoms with Gasteiger partial charge in [0, 0.05) is 18.9 Å². The van der Waals surface area contributed by atoms with Crippen LogP contribution in [0.25, 0.3) is 0 Å². The lowest BCUT2D eigenvalue weighted by atomic mass is 9.97. The second kappa shape index (κ2) is 22.9. The fourth-order valence-electron chi connectivity index (χ4n) is 5.36. The number of methoxy groups -OCH3 is 1. The maximum absolute atomic E-state index is 13.6. The SMILES string of the molecule is COC(=O)C(NC(=O)C(NC(=O)CCCCCCc1ccccc1)C(CO)CNC(=O)[C@H](C)N(C(=O)OCc1ccccc1)C(=O)[C@H](C)N)C(C)C. The van der Waals surface area contributed by atoms with Crippen LogP contribution in [-0.2, 0) is 46.5 Å². The van der Waals surface area contributed by atoms with E-state index < -0.39 is 72.4 Å². The van der Waals surface area contributed by atoms with Crippen molar-refractivity contribution >= 4 is 35.7 Å². The van der Waals surface area contributed by atoms with Gasteiger partial charge in [0.25, 0.3) is 0 Å². The van der Waals surface area contributed by atoms with E-state index in [9.17, 15) is 33.9 Å². The van der Waals surface area contributed by atoms with E-state index in [1.54, 1.807) is 44.2 Å². The third-order valence-electron chi connectivity index (χ3n) is 8.52. The summed E-state index contributed by atoms with van der Waals surface area (Å²) in [7, 11) is 1.19. The summed E-state index contributed by atoms with van der Waals surface area (Å²) < 4.78 is 10.1. The van der Waals surface area contributed by atoms with Gasteiger partial charge in [0.05, 0.1) is 19.8 Å². The number of nitrogens with zero attached hydrogens (tertiary/aromatic N) is 1. The molecule has 6 N–H and O–H groups in total. The van der Waals surface area contributed by atoms with Crippen molar-refractivity contribution < 1.29 is 43.3 Å². The molecule has 0 spiro atoms. The average Bonchev–Trinajstić information content (AvgIpc) is 3.14. The largest absolute Gasteiger partial charge is 0.467 e. The van der Waals surface area contributed by atoms with Crippen molar-refractivity contribution in [3.8, 4) is 0 Å². The molecule has 0 aliphatic heterocycles. The first kappa shape index (κ1) is 43.3. The summed E-state index contributed by atoms with van der Waals surface area (Å²) in [5, 5.41) is 18.2. The second-order valence-corrected chi connectivity index (χ2v) is 13.1. The predicted molar refractivity (Wildman–Crippen MR) is 194 cm³/mol. The van der Waals surface area contributed by atoms with Crippen LogP contribution in [0.4, 0.5) is 4.79 Å². The Labute approximate surface area is 306 Å². The highest BCUT2D eigenvalue weighted by molar-refractivity contribution is 5.99. The van der Waals surface area contributed by atoms with Gasteiger partial charge < -0.3 is 36.3 Å². The molecule has 5 amide bonds. The van der Waals surface area contributed by atoms with Gasteiger partial charge in [0.15, 0.2) is 0 Å². The summed E-state index contributed by atoms with van der Waals surface area (Å²) in [6.45, 7) is 4.93. The topological polar surface area (TPSA) is 206 Å². The van der Waals surface area contributed by atoms with Gasteiger partial charge in [-0.2, -0.15) is 0 Å². The van der Waals surface area contributed by atoms with Crippen LogP contribution < -0.4 is 21.7 Å². The smallest absolute Gasteiger partial charge is 0.417 e. The van der Waals surface area contributed by atoms with E-state index in [-0.39, 0.29) is 25.5 Å². The van der Waals surface area contributed by atoms with Gasteiger partial charge in [-0.3, -0.25) is 19.2 Å². The van der Waals surface area contributed by atoms with Crippen molar-refractivity contribution in [3.63, 3.8) is 0 Å². The number of hydrogen-bond acceptors (Lipinski definition) is 10. The number of benzene rings is 2. The van der Waals surface area contributed by atoms with E-state index in [4.69, 9.17) is 15.2 Å². The van der Waals surface area contributed by atoms with Crippen molar-refractivity contribution in [1.29, 1.82) is 0 Å². The highest BCUT2D eigenvalue weighted by atomic mass is 16.6. The van der Waals surface area contributed by atoms with Gasteiger partial charge in [-0.1, -0.05) is 87.4 Å². The minimum atomic E-state index is -1.39. The molecule has 2 rings (SSSR count). The fourth-order valence-corrected chi connectivity index (χ4v) is 5.36. The lowest BCUT2D eigenvalue weighted by molar-refractivity contribution is -0.147. The molecular formula is C38H55N5O9. The number of carbonyl (C=O) groups is 6. The number of carbonyl (C=O) groups excluding carboxylic acids is 6. The Morgan fingerprint density at radius 1 is 0.788 bits per heavy atom. The van der Waals surface area contributed by atoms with Crippen molar-refractivity contribution in [1.82, 2.24) is 20.9 Å². The first-order valence-electron chi connectivity index (χ1n) is 17.7. The third-order valence-corrected chi connectivity index (χ3v) is 8.52. The number of imide groups is 1. The number of aryl methyl sites for hydroxylation is 1. The molecule has 286 valence electrons. The molecule has 3 unspecified atom stereocenters. The fraction of sp³-hybridized carbons (Fsp3) is 0.526. The minimum absolute atomic E-state index is 0.112. The van der Waals surface area contributed by atoms with Gasteiger partial charge in [-0.25, -0.2) is 14.5 Å². The molecule has 0 aliphatic carbocycles. The van der Waals surface area contributed by atoms with Crippen molar-refractivity contribution in [2.75, 3.05) is 20.3 Å². The monoisotopic (exact) mass is 725 g/mol. The zero-order chi connectivity index (χ0) is 38.6. The number of amides is 5. The predicted octanol–water partition coefficient (Wildman–Crippen LogP) is 2.60. The first-order valence-corrected chi connectivity index (χ1v) is 17.7. The second-order valence-electron chi connectivity index (χ2n) is 13.1. The molecule has 0 aliphatic rings. The van der Waals surface area contributed by atoms with Crippen molar-refractivity contribution in [3.05, 3.63) is 71.8 Å². The number of ether oxygens (including phenoxy) is 2. The lowest BCUT2D eigenvalue weighted by Crippen LogP contribution is -2.59. The third kappa shape index (κ3) is 14.4. The quantitative estimate of drug-likeness (QED) is 0.0940. The number of aliphatic hydroxyl groups excluding tert-OH is 1. The van der Waals surface area contributed by atoms with E-state index in [0.717, 1.165) is 25.7 Å².